The number of carbonyl (C=O) groups is 1. The molecule has 3 rings (SSSR count). The fourth-order valence-corrected chi connectivity index (χ4v) is 3.84. The lowest BCUT2D eigenvalue weighted by atomic mass is 10.0. The van der Waals surface area contributed by atoms with E-state index in [-0.39, 0.29) is 12.1 Å². The second kappa shape index (κ2) is 7.22. The summed E-state index contributed by atoms with van der Waals surface area (Å²) in [7, 11) is 0. The van der Waals surface area contributed by atoms with E-state index in [4.69, 9.17) is 9.72 Å². The number of ether oxygens (including phenoxy) is 1. The summed E-state index contributed by atoms with van der Waals surface area (Å²) in [5.41, 5.74) is 1.72. The molecule has 3 heterocycles. The van der Waals surface area contributed by atoms with E-state index in [1.165, 1.54) is 19.3 Å². The highest BCUT2D eigenvalue weighted by molar-refractivity contribution is 5.69. The highest BCUT2D eigenvalue weighted by Gasteiger charge is 2.34. The number of likely N-dealkylation sites (tertiary alicyclic amines) is 1. The van der Waals surface area contributed by atoms with Gasteiger partial charge >= 0.3 is 6.09 Å². The van der Waals surface area contributed by atoms with Gasteiger partial charge in [-0.05, 0) is 71.4 Å². The van der Waals surface area contributed by atoms with Crippen molar-refractivity contribution in [3.8, 4) is 0 Å². The highest BCUT2D eigenvalue weighted by Crippen LogP contribution is 2.35. The van der Waals surface area contributed by atoms with E-state index in [0.29, 0.717) is 0 Å². The van der Waals surface area contributed by atoms with Crippen LogP contribution >= 0.6 is 0 Å². The summed E-state index contributed by atoms with van der Waals surface area (Å²) in [5, 5.41) is 0. The molecule has 0 aromatic carbocycles. The molecule has 0 bridgehead atoms. The number of aromatic nitrogens is 1. The molecule has 0 unspecified atom stereocenters. The number of anilines is 1. The minimum atomic E-state index is -0.463. The Kier molecular flexibility index (Phi) is 5.21. The summed E-state index contributed by atoms with van der Waals surface area (Å²) < 4.78 is 5.59. The van der Waals surface area contributed by atoms with Crippen LogP contribution in [0.2, 0.25) is 0 Å². The first-order valence-electron chi connectivity index (χ1n) is 9.57. The van der Waals surface area contributed by atoms with Crippen LogP contribution in [0.1, 0.15) is 70.2 Å². The fraction of sp³-hybridized carbons (Fsp3) is 0.700. The Bertz CT molecular complexity index is 618. The van der Waals surface area contributed by atoms with E-state index in [0.717, 1.165) is 49.6 Å². The summed E-state index contributed by atoms with van der Waals surface area (Å²) in [6.45, 7) is 10.8. The predicted molar refractivity (Wildman–Crippen MR) is 100.0 cm³/mol. The van der Waals surface area contributed by atoms with Crippen molar-refractivity contribution in [2.24, 2.45) is 0 Å². The Morgan fingerprint density at radius 2 is 1.84 bits per heavy atom. The van der Waals surface area contributed by atoms with Crippen LogP contribution in [0.5, 0.6) is 0 Å². The molecule has 2 fully saturated rings. The van der Waals surface area contributed by atoms with Crippen LogP contribution in [-0.4, -0.2) is 41.2 Å². The van der Waals surface area contributed by atoms with Crippen molar-refractivity contribution < 1.29 is 9.53 Å². The third kappa shape index (κ3) is 4.25. The average molecular weight is 345 g/mol. The lowest BCUT2D eigenvalue weighted by Crippen LogP contribution is -2.36. The van der Waals surface area contributed by atoms with Gasteiger partial charge in [-0.3, -0.25) is 0 Å². The number of hydrogen-bond donors (Lipinski definition) is 0. The predicted octanol–water partition coefficient (Wildman–Crippen LogP) is 4.45. The molecule has 0 saturated carbocycles. The van der Waals surface area contributed by atoms with Gasteiger partial charge in [0.15, 0.2) is 0 Å². The monoisotopic (exact) mass is 345 g/mol. The second-order valence-electron chi connectivity index (χ2n) is 8.22. The number of hydrogen-bond acceptors (Lipinski definition) is 4. The van der Waals surface area contributed by atoms with Gasteiger partial charge < -0.3 is 14.5 Å². The van der Waals surface area contributed by atoms with E-state index >= 15 is 0 Å². The number of nitrogens with zero attached hydrogens (tertiary/aromatic N) is 3. The van der Waals surface area contributed by atoms with Gasteiger partial charge in [0.05, 0.1) is 6.04 Å². The number of amides is 1. The van der Waals surface area contributed by atoms with E-state index in [1.54, 1.807) is 0 Å². The zero-order chi connectivity index (χ0) is 18.0. The maximum atomic E-state index is 12.5. The molecule has 0 radical (unpaired) electrons. The first-order valence-corrected chi connectivity index (χ1v) is 9.57. The van der Waals surface area contributed by atoms with Crippen molar-refractivity contribution in [2.75, 3.05) is 24.5 Å². The van der Waals surface area contributed by atoms with Crippen LogP contribution in [0.4, 0.5) is 10.6 Å². The molecule has 1 aromatic rings. The van der Waals surface area contributed by atoms with Gasteiger partial charge in [-0.25, -0.2) is 9.78 Å². The van der Waals surface area contributed by atoms with Crippen molar-refractivity contribution >= 4 is 11.9 Å². The Morgan fingerprint density at radius 3 is 2.48 bits per heavy atom. The summed E-state index contributed by atoms with van der Waals surface area (Å²) in [4.78, 5) is 21.6. The van der Waals surface area contributed by atoms with Gasteiger partial charge in [0.2, 0.25) is 0 Å². The summed E-state index contributed by atoms with van der Waals surface area (Å²) >= 11 is 0. The van der Waals surface area contributed by atoms with Crippen molar-refractivity contribution in [1.82, 2.24) is 9.88 Å². The molecule has 2 aliphatic heterocycles. The quantitative estimate of drug-likeness (QED) is 0.794. The first-order chi connectivity index (χ1) is 11.8. The number of piperidine rings is 1. The smallest absolute Gasteiger partial charge is 0.410 e. The largest absolute Gasteiger partial charge is 0.444 e. The Hall–Kier alpha value is -1.78. The number of rotatable bonds is 2. The molecule has 2 aliphatic rings. The molecule has 0 N–H and O–H groups in total. The molecular weight excluding hydrogens is 314 g/mol. The Labute approximate surface area is 151 Å². The standard InChI is InChI=1S/C20H31N3O2/c1-15-16(10-11-18(21-15)22-12-6-5-7-13-22)17-9-8-14-23(17)19(24)25-20(2,3)4/h10-11,17H,5-9,12-14H2,1-4H3/t17-/m0/s1. The molecular formula is C20H31N3O2. The summed E-state index contributed by atoms with van der Waals surface area (Å²) in [6.07, 6.45) is 5.59. The third-order valence-corrected chi connectivity index (χ3v) is 5.03. The normalized spacial score (nSPS) is 21.5. The summed E-state index contributed by atoms with van der Waals surface area (Å²) in [6, 6.07) is 4.37. The van der Waals surface area contributed by atoms with Crippen molar-refractivity contribution in [3.05, 3.63) is 23.4 Å². The number of pyridine rings is 1. The summed E-state index contributed by atoms with van der Waals surface area (Å²) in [5.74, 6) is 1.07. The maximum absolute atomic E-state index is 12.5. The SMILES string of the molecule is Cc1nc(N2CCCCC2)ccc1[C@@H]1CCCN1C(=O)OC(C)(C)C. The molecule has 138 valence electrons. The van der Waals surface area contributed by atoms with Crippen molar-refractivity contribution in [1.29, 1.82) is 0 Å². The van der Waals surface area contributed by atoms with E-state index in [2.05, 4.69) is 24.0 Å². The van der Waals surface area contributed by atoms with Gasteiger partial charge in [-0.15, -0.1) is 0 Å². The molecule has 1 aromatic heterocycles. The lowest BCUT2D eigenvalue weighted by Gasteiger charge is -2.31. The van der Waals surface area contributed by atoms with Crippen LogP contribution in [0, 0.1) is 6.92 Å². The van der Waals surface area contributed by atoms with Crippen LogP contribution in [-0.2, 0) is 4.74 Å². The van der Waals surface area contributed by atoms with Crippen LogP contribution in [0.3, 0.4) is 0 Å². The second-order valence-corrected chi connectivity index (χ2v) is 8.22. The molecule has 0 spiro atoms. The minimum Gasteiger partial charge on any atom is -0.444 e. The van der Waals surface area contributed by atoms with Crippen molar-refractivity contribution in [2.45, 2.75) is 71.4 Å². The zero-order valence-electron chi connectivity index (χ0n) is 16.0. The molecule has 1 atom stereocenters. The van der Waals surface area contributed by atoms with Gasteiger partial charge in [-0.2, -0.15) is 0 Å². The fourth-order valence-electron chi connectivity index (χ4n) is 3.84. The zero-order valence-corrected chi connectivity index (χ0v) is 16.0. The van der Waals surface area contributed by atoms with E-state index < -0.39 is 5.60 Å². The van der Waals surface area contributed by atoms with E-state index in [1.807, 2.05) is 25.7 Å². The molecule has 2 saturated heterocycles. The minimum absolute atomic E-state index is 0.0813. The van der Waals surface area contributed by atoms with Gasteiger partial charge in [-0.1, -0.05) is 6.07 Å². The number of aryl methyl sites for hydroxylation is 1. The Balaban J connectivity index is 1.77. The highest BCUT2D eigenvalue weighted by atomic mass is 16.6. The van der Waals surface area contributed by atoms with Gasteiger partial charge in [0.1, 0.15) is 11.4 Å². The lowest BCUT2D eigenvalue weighted by molar-refractivity contribution is 0.0224. The molecule has 1 amide bonds. The van der Waals surface area contributed by atoms with Crippen LogP contribution in [0.15, 0.2) is 12.1 Å². The van der Waals surface area contributed by atoms with Crippen LogP contribution < -0.4 is 4.90 Å². The average Bonchev–Trinajstić information content (AvgIpc) is 3.03. The van der Waals surface area contributed by atoms with Gasteiger partial charge in [0.25, 0.3) is 0 Å². The maximum Gasteiger partial charge on any atom is 0.410 e. The molecule has 5 heteroatoms. The first kappa shape index (κ1) is 18.0. The van der Waals surface area contributed by atoms with E-state index in [9.17, 15) is 4.79 Å². The molecule has 0 aliphatic carbocycles. The van der Waals surface area contributed by atoms with Crippen LogP contribution in [0.25, 0.3) is 0 Å². The third-order valence-electron chi connectivity index (χ3n) is 5.03. The van der Waals surface area contributed by atoms with Gasteiger partial charge in [0, 0.05) is 25.3 Å². The molecule has 25 heavy (non-hydrogen) atoms. The van der Waals surface area contributed by atoms with Crippen molar-refractivity contribution in [3.63, 3.8) is 0 Å². The Morgan fingerprint density at radius 1 is 1.12 bits per heavy atom. The molecule has 5 nitrogen and oxygen atoms in total. The topological polar surface area (TPSA) is 45.7 Å². The number of carbonyl (C=O) groups excluding carboxylic acids is 1.